The number of nitrogens with one attached hydrogen (secondary N) is 2. The third kappa shape index (κ3) is 4.70. The summed E-state index contributed by atoms with van der Waals surface area (Å²) in [5.74, 6) is -0.112. The van der Waals surface area contributed by atoms with Gasteiger partial charge in [0.25, 0.3) is 0 Å². The van der Waals surface area contributed by atoms with Gasteiger partial charge in [-0.25, -0.2) is 0 Å². The summed E-state index contributed by atoms with van der Waals surface area (Å²) in [6, 6.07) is 10.1. The fourth-order valence-corrected chi connectivity index (χ4v) is 2.81. The van der Waals surface area contributed by atoms with Gasteiger partial charge in [0.2, 0.25) is 5.91 Å². The summed E-state index contributed by atoms with van der Waals surface area (Å²) in [6.07, 6.45) is 8.13. The van der Waals surface area contributed by atoms with Crippen LogP contribution in [0.2, 0.25) is 0 Å². The second-order valence-corrected chi connectivity index (χ2v) is 6.27. The smallest absolute Gasteiger partial charge is 0.244 e. The van der Waals surface area contributed by atoms with Crippen molar-refractivity contribution in [3.8, 4) is 0 Å². The largest absolute Gasteiger partial charge is 0.381 e. The minimum absolute atomic E-state index is 0.112. The van der Waals surface area contributed by atoms with Crippen LogP contribution in [0.15, 0.2) is 42.6 Å². The van der Waals surface area contributed by atoms with Gasteiger partial charge in [0, 0.05) is 42.1 Å². The van der Waals surface area contributed by atoms with E-state index in [9.17, 15) is 4.79 Å². The van der Waals surface area contributed by atoms with Gasteiger partial charge in [0.05, 0.1) is 17.4 Å². The lowest BCUT2D eigenvalue weighted by atomic mass is 10.1. The van der Waals surface area contributed by atoms with Crippen LogP contribution in [-0.2, 0) is 9.53 Å². The molecule has 0 unspecified atom stereocenters. The first kappa shape index (κ1) is 18.1. The number of pyridine rings is 1. The number of amides is 1. The van der Waals surface area contributed by atoms with Crippen molar-refractivity contribution in [3.05, 3.63) is 48.3 Å². The zero-order chi connectivity index (χ0) is 18.2. The molecule has 5 heteroatoms. The van der Waals surface area contributed by atoms with E-state index in [2.05, 4.69) is 28.3 Å². The number of aromatic amines is 1. The molecule has 0 aliphatic rings. The fourth-order valence-electron chi connectivity index (χ4n) is 2.81. The molecule has 0 radical (unpaired) electrons. The van der Waals surface area contributed by atoms with Gasteiger partial charge in [-0.2, -0.15) is 0 Å². The molecule has 1 aromatic carbocycles. The molecule has 0 saturated carbocycles. The van der Waals surface area contributed by atoms with Gasteiger partial charge in [-0.1, -0.05) is 31.5 Å². The van der Waals surface area contributed by atoms with Crippen LogP contribution in [0.1, 0.15) is 31.9 Å². The Balaban J connectivity index is 1.53. The quantitative estimate of drug-likeness (QED) is 0.451. The minimum Gasteiger partial charge on any atom is -0.381 e. The first-order valence-corrected chi connectivity index (χ1v) is 9.18. The van der Waals surface area contributed by atoms with Crippen molar-refractivity contribution in [2.45, 2.75) is 26.2 Å². The molecule has 2 N–H and O–H groups in total. The molecule has 0 aliphatic heterocycles. The Kier molecular flexibility index (Phi) is 6.39. The van der Waals surface area contributed by atoms with Crippen LogP contribution >= 0.6 is 0 Å². The average Bonchev–Trinajstić information content (AvgIpc) is 3.03. The zero-order valence-electron chi connectivity index (χ0n) is 15.1. The Morgan fingerprint density at radius 2 is 2.04 bits per heavy atom. The number of H-pyrrole nitrogens is 1. The van der Waals surface area contributed by atoms with Gasteiger partial charge < -0.3 is 15.0 Å². The van der Waals surface area contributed by atoms with Crippen LogP contribution in [0, 0.1) is 0 Å². The van der Waals surface area contributed by atoms with E-state index in [4.69, 9.17) is 4.74 Å². The normalized spacial score (nSPS) is 11.6. The monoisotopic (exact) mass is 351 g/mol. The molecule has 3 rings (SSSR count). The number of fused-ring (bicyclic) bond motifs is 3. The Morgan fingerprint density at radius 1 is 1.19 bits per heavy atom. The number of hydrogen-bond acceptors (Lipinski definition) is 3. The molecule has 2 aromatic heterocycles. The molecule has 0 spiro atoms. The molecule has 0 atom stereocenters. The summed E-state index contributed by atoms with van der Waals surface area (Å²) in [6.45, 7) is 4.24. The summed E-state index contributed by atoms with van der Waals surface area (Å²) < 4.78 is 5.47. The van der Waals surface area contributed by atoms with Crippen LogP contribution in [0.25, 0.3) is 27.9 Å². The fraction of sp³-hybridized carbons (Fsp3) is 0.333. The van der Waals surface area contributed by atoms with Crippen LogP contribution < -0.4 is 5.32 Å². The molecule has 136 valence electrons. The molecule has 5 nitrogen and oxygen atoms in total. The molecular weight excluding hydrogens is 326 g/mol. The van der Waals surface area contributed by atoms with Crippen molar-refractivity contribution < 1.29 is 9.53 Å². The standard InChI is InChI=1S/C21H25N3O2/c1-2-3-12-26-13-6-11-22-21(25)10-9-16-14-18-17-7-4-5-8-19(17)24-20(18)15-23-16/h4-5,7-10,14-15,24H,2-3,6,11-13H2,1H3,(H,22,25)/b10-9+. The van der Waals surface area contributed by atoms with Crippen LogP contribution in [-0.4, -0.2) is 35.6 Å². The number of hydrogen-bond donors (Lipinski definition) is 2. The summed E-state index contributed by atoms with van der Waals surface area (Å²) >= 11 is 0. The average molecular weight is 351 g/mol. The van der Waals surface area contributed by atoms with E-state index in [1.165, 1.54) is 6.08 Å². The van der Waals surface area contributed by atoms with E-state index < -0.39 is 0 Å². The SMILES string of the molecule is CCCCOCCCNC(=O)/C=C/c1cc2c(cn1)[nH]c1ccccc12. The number of nitrogens with zero attached hydrogens (tertiary/aromatic N) is 1. The lowest BCUT2D eigenvalue weighted by Crippen LogP contribution is -2.23. The van der Waals surface area contributed by atoms with Gasteiger partial charge in [-0.3, -0.25) is 9.78 Å². The third-order valence-electron chi connectivity index (χ3n) is 4.22. The summed E-state index contributed by atoms with van der Waals surface area (Å²) in [5, 5.41) is 5.14. The Labute approximate surface area is 153 Å². The van der Waals surface area contributed by atoms with Crippen molar-refractivity contribution >= 4 is 33.8 Å². The van der Waals surface area contributed by atoms with Crippen molar-refractivity contribution in [1.29, 1.82) is 0 Å². The maximum absolute atomic E-state index is 11.9. The van der Waals surface area contributed by atoms with Crippen LogP contribution in [0.5, 0.6) is 0 Å². The minimum atomic E-state index is -0.112. The topological polar surface area (TPSA) is 67.0 Å². The first-order chi connectivity index (χ1) is 12.8. The van der Waals surface area contributed by atoms with Gasteiger partial charge in [-0.05, 0) is 31.1 Å². The highest BCUT2D eigenvalue weighted by Crippen LogP contribution is 2.25. The van der Waals surface area contributed by atoms with E-state index in [1.807, 2.05) is 24.3 Å². The molecule has 0 bridgehead atoms. The molecule has 3 aromatic rings. The number of carbonyl (C=O) groups excluding carboxylic acids is 1. The highest BCUT2D eigenvalue weighted by atomic mass is 16.5. The molecule has 26 heavy (non-hydrogen) atoms. The molecule has 0 fully saturated rings. The lowest BCUT2D eigenvalue weighted by molar-refractivity contribution is -0.116. The molecule has 2 heterocycles. The highest BCUT2D eigenvalue weighted by molar-refractivity contribution is 6.07. The number of rotatable bonds is 9. The predicted molar refractivity (Wildman–Crippen MR) is 106 cm³/mol. The zero-order valence-corrected chi connectivity index (χ0v) is 15.1. The predicted octanol–water partition coefficient (Wildman–Crippen LogP) is 4.05. The van der Waals surface area contributed by atoms with E-state index in [0.717, 1.165) is 53.4 Å². The number of para-hydroxylation sites is 1. The molecule has 1 amide bonds. The number of ether oxygens (including phenoxy) is 1. The first-order valence-electron chi connectivity index (χ1n) is 9.18. The second-order valence-electron chi connectivity index (χ2n) is 6.27. The maximum atomic E-state index is 11.9. The van der Waals surface area contributed by atoms with Crippen molar-refractivity contribution in [1.82, 2.24) is 15.3 Å². The molecular formula is C21H25N3O2. The van der Waals surface area contributed by atoms with Crippen molar-refractivity contribution in [3.63, 3.8) is 0 Å². The number of aromatic nitrogens is 2. The summed E-state index contributed by atoms with van der Waals surface area (Å²) in [7, 11) is 0. The van der Waals surface area contributed by atoms with Gasteiger partial charge in [0.1, 0.15) is 0 Å². The summed E-state index contributed by atoms with van der Waals surface area (Å²) in [5.41, 5.74) is 2.85. The number of unbranched alkanes of at least 4 members (excludes halogenated alkanes) is 1. The van der Waals surface area contributed by atoms with Gasteiger partial charge in [-0.15, -0.1) is 0 Å². The number of carbonyl (C=O) groups is 1. The Hall–Kier alpha value is -2.66. The maximum Gasteiger partial charge on any atom is 0.244 e. The van der Waals surface area contributed by atoms with E-state index in [0.29, 0.717) is 13.2 Å². The summed E-state index contributed by atoms with van der Waals surface area (Å²) in [4.78, 5) is 19.6. The van der Waals surface area contributed by atoms with E-state index in [1.54, 1.807) is 12.3 Å². The Morgan fingerprint density at radius 3 is 2.92 bits per heavy atom. The third-order valence-corrected chi connectivity index (χ3v) is 4.22. The van der Waals surface area contributed by atoms with E-state index >= 15 is 0 Å². The Bertz CT molecular complexity index is 899. The van der Waals surface area contributed by atoms with Gasteiger partial charge in [0.15, 0.2) is 0 Å². The van der Waals surface area contributed by atoms with Crippen LogP contribution in [0.4, 0.5) is 0 Å². The van der Waals surface area contributed by atoms with E-state index in [-0.39, 0.29) is 5.91 Å². The van der Waals surface area contributed by atoms with Crippen molar-refractivity contribution in [2.24, 2.45) is 0 Å². The van der Waals surface area contributed by atoms with Crippen molar-refractivity contribution in [2.75, 3.05) is 19.8 Å². The molecule has 0 aliphatic carbocycles. The highest BCUT2D eigenvalue weighted by Gasteiger charge is 2.04. The van der Waals surface area contributed by atoms with Crippen LogP contribution in [0.3, 0.4) is 0 Å². The second kappa shape index (κ2) is 9.15. The number of benzene rings is 1. The lowest BCUT2D eigenvalue weighted by Gasteiger charge is -2.04. The molecule has 0 saturated heterocycles. The van der Waals surface area contributed by atoms with Gasteiger partial charge >= 0.3 is 0 Å².